The molecule has 0 unspecified atom stereocenters. The summed E-state index contributed by atoms with van der Waals surface area (Å²) in [6, 6.07) is 5.62. The van der Waals surface area contributed by atoms with Crippen LogP contribution >= 0.6 is 0 Å². The van der Waals surface area contributed by atoms with Gasteiger partial charge in [-0.05, 0) is 39.1 Å². The average Bonchev–Trinajstić information content (AvgIpc) is 2.96. The van der Waals surface area contributed by atoms with E-state index < -0.39 is 0 Å². The van der Waals surface area contributed by atoms with Gasteiger partial charge in [0, 0.05) is 18.5 Å². The summed E-state index contributed by atoms with van der Waals surface area (Å²) in [6.45, 7) is 5.84. The summed E-state index contributed by atoms with van der Waals surface area (Å²) in [4.78, 5) is 0. The van der Waals surface area contributed by atoms with Crippen molar-refractivity contribution in [1.82, 2.24) is 15.5 Å². The second-order valence-corrected chi connectivity index (χ2v) is 4.38. The molecule has 1 aromatic heterocycles. The number of benzene rings is 1. The van der Waals surface area contributed by atoms with Crippen LogP contribution in [0, 0.1) is 0 Å². The van der Waals surface area contributed by atoms with Gasteiger partial charge in [-0.2, -0.15) is 0 Å². The van der Waals surface area contributed by atoms with E-state index >= 15 is 0 Å². The second kappa shape index (κ2) is 7.64. The minimum atomic E-state index is 0.491. The molecule has 0 saturated heterocycles. The average molecular weight is 291 g/mol. The molecule has 0 amide bonds. The van der Waals surface area contributed by atoms with E-state index in [0.717, 1.165) is 17.9 Å². The number of rotatable bonds is 8. The van der Waals surface area contributed by atoms with Crippen molar-refractivity contribution in [2.24, 2.45) is 0 Å². The summed E-state index contributed by atoms with van der Waals surface area (Å²) in [7, 11) is 1.89. The largest absolute Gasteiger partial charge is 0.490 e. The van der Waals surface area contributed by atoms with Crippen molar-refractivity contribution >= 4 is 0 Å². The maximum absolute atomic E-state index is 5.65. The number of likely N-dealkylation sites (N-methyl/N-ethyl adjacent to an activating group) is 1. The smallest absolute Gasteiger partial charge is 0.247 e. The summed E-state index contributed by atoms with van der Waals surface area (Å²) in [5, 5.41) is 11.2. The van der Waals surface area contributed by atoms with Gasteiger partial charge in [0.25, 0.3) is 0 Å². The number of hydrogen-bond acceptors (Lipinski definition) is 6. The normalized spacial score (nSPS) is 10.6. The lowest BCUT2D eigenvalue weighted by Gasteiger charge is -2.11. The first kappa shape index (κ1) is 15.3. The van der Waals surface area contributed by atoms with E-state index in [1.807, 2.05) is 39.1 Å². The van der Waals surface area contributed by atoms with E-state index in [0.29, 0.717) is 37.2 Å². The van der Waals surface area contributed by atoms with Crippen molar-refractivity contribution in [1.29, 1.82) is 0 Å². The quantitative estimate of drug-likeness (QED) is 0.805. The van der Waals surface area contributed by atoms with Gasteiger partial charge in [-0.3, -0.25) is 0 Å². The molecule has 0 aliphatic carbocycles. The molecule has 1 aromatic carbocycles. The Morgan fingerprint density at radius 1 is 1.10 bits per heavy atom. The van der Waals surface area contributed by atoms with E-state index in [2.05, 4.69) is 15.5 Å². The standard InChI is InChI=1S/C15H21N3O3/c1-4-19-12-7-6-11(10-13(12)20-5-2)15-18-17-14(21-15)8-9-16-3/h6-7,10,16H,4-5,8-9H2,1-3H3. The third-order valence-electron chi connectivity index (χ3n) is 2.85. The van der Waals surface area contributed by atoms with Crippen molar-refractivity contribution in [2.75, 3.05) is 26.8 Å². The van der Waals surface area contributed by atoms with Crippen LogP contribution in [-0.4, -0.2) is 37.0 Å². The number of nitrogens with one attached hydrogen (secondary N) is 1. The third-order valence-corrected chi connectivity index (χ3v) is 2.85. The first-order valence-corrected chi connectivity index (χ1v) is 7.15. The highest BCUT2D eigenvalue weighted by molar-refractivity contribution is 5.59. The Hall–Kier alpha value is -2.08. The van der Waals surface area contributed by atoms with E-state index in [9.17, 15) is 0 Å². The summed E-state index contributed by atoms with van der Waals surface area (Å²) in [5.74, 6) is 2.51. The molecule has 0 saturated carbocycles. The third kappa shape index (κ3) is 3.95. The fraction of sp³-hybridized carbons (Fsp3) is 0.467. The van der Waals surface area contributed by atoms with Crippen molar-refractivity contribution < 1.29 is 13.9 Å². The molecule has 0 fully saturated rings. The lowest BCUT2D eigenvalue weighted by Crippen LogP contribution is -2.10. The first-order valence-electron chi connectivity index (χ1n) is 7.15. The van der Waals surface area contributed by atoms with Gasteiger partial charge in [-0.25, -0.2) is 0 Å². The van der Waals surface area contributed by atoms with Crippen LogP contribution in [0.1, 0.15) is 19.7 Å². The summed E-state index contributed by atoms with van der Waals surface area (Å²) in [6.07, 6.45) is 0.707. The van der Waals surface area contributed by atoms with Crippen molar-refractivity contribution in [3.05, 3.63) is 24.1 Å². The Labute approximate surface area is 124 Å². The minimum absolute atomic E-state index is 0.491. The summed E-state index contributed by atoms with van der Waals surface area (Å²) >= 11 is 0. The van der Waals surface area contributed by atoms with Crippen LogP contribution in [0.25, 0.3) is 11.5 Å². The zero-order valence-corrected chi connectivity index (χ0v) is 12.7. The lowest BCUT2D eigenvalue weighted by molar-refractivity contribution is 0.288. The Morgan fingerprint density at radius 3 is 2.57 bits per heavy atom. The summed E-state index contributed by atoms with van der Waals surface area (Å²) < 4.78 is 16.8. The minimum Gasteiger partial charge on any atom is -0.490 e. The number of nitrogens with zero attached hydrogens (tertiary/aromatic N) is 2. The fourth-order valence-electron chi connectivity index (χ4n) is 1.89. The van der Waals surface area contributed by atoms with Crippen LogP contribution in [0.2, 0.25) is 0 Å². The predicted octanol–water partition coefficient (Wildman–Crippen LogP) is 2.30. The molecule has 0 spiro atoms. The SMILES string of the molecule is CCOc1ccc(-c2nnc(CCNC)o2)cc1OCC. The van der Waals surface area contributed by atoms with Crippen LogP contribution in [0.4, 0.5) is 0 Å². The molecule has 1 N–H and O–H groups in total. The molecular formula is C15H21N3O3. The molecule has 2 aromatic rings. The molecular weight excluding hydrogens is 270 g/mol. The molecule has 0 bridgehead atoms. The summed E-state index contributed by atoms with van der Waals surface area (Å²) in [5.41, 5.74) is 0.824. The van der Waals surface area contributed by atoms with Gasteiger partial charge in [0.1, 0.15) is 0 Å². The predicted molar refractivity (Wildman–Crippen MR) is 79.7 cm³/mol. The highest BCUT2D eigenvalue weighted by Gasteiger charge is 2.12. The van der Waals surface area contributed by atoms with Crippen molar-refractivity contribution in [3.63, 3.8) is 0 Å². The van der Waals surface area contributed by atoms with Gasteiger partial charge in [0.05, 0.1) is 13.2 Å². The molecule has 114 valence electrons. The zero-order chi connectivity index (χ0) is 15.1. The van der Waals surface area contributed by atoms with Crippen LogP contribution in [-0.2, 0) is 6.42 Å². The highest BCUT2D eigenvalue weighted by Crippen LogP contribution is 2.32. The van der Waals surface area contributed by atoms with Crippen LogP contribution in [0.3, 0.4) is 0 Å². The molecule has 0 aliphatic heterocycles. The van der Waals surface area contributed by atoms with Gasteiger partial charge in [0.15, 0.2) is 11.5 Å². The maximum Gasteiger partial charge on any atom is 0.247 e. The van der Waals surface area contributed by atoms with Crippen LogP contribution in [0.5, 0.6) is 11.5 Å². The molecule has 21 heavy (non-hydrogen) atoms. The van der Waals surface area contributed by atoms with Gasteiger partial charge >= 0.3 is 0 Å². The molecule has 6 nitrogen and oxygen atoms in total. The van der Waals surface area contributed by atoms with Gasteiger partial charge in [-0.1, -0.05) is 0 Å². The molecule has 0 atom stereocenters. The highest BCUT2D eigenvalue weighted by atomic mass is 16.5. The van der Waals surface area contributed by atoms with Gasteiger partial charge < -0.3 is 19.2 Å². The van der Waals surface area contributed by atoms with Crippen LogP contribution < -0.4 is 14.8 Å². The Kier molecular flexibility index (Phi) is 5.57. The molecule has 0 aliphatic rings. The second-order valence-electron chi connectivity index (χ2n) is 4.38. The molecule has 0 radical (unpaired) electrons. The first-order chi connectivity index (χ1) is 10.3. The maximum atomic E-state index is 5.65. The zero-order valence-electron chi connectivity index (χ0n) is 12.7. The number of ether oxygens (including phenoxy) is 2. The van der Waals surface area contributed by atoms with E-state index in [1.54, 1.807) is 0 Å². The number of aromatic nitrogens is 2. The van der Waals surface area contributed by atoms with Crippen molar-refractivity contribution in [2.45, 2.75) is 20.3 Å². The Bertz CT molecular complexity index is 569. The monoisotopic (exact) mass is 291 g/mol. The molecule has 6 heteroatoms. The van der Waals surface area contributed by atoms with Gasteiger partial charge in [-0.15, -0.1) is 10.2 Å². The van der Waals surface area contributed by atoms with E-state index in [1.165, 1.54) is 0 Å². The van der Waals surface area contributed by atoms with E-state index in [-0.39, 0.29) is 0 Å². The Balaban J connectivity index is 2.22. The number of hydrogen-bond donors (Lipinski definition) is 1. The molecule has 2 rings (SSSR count). The van der Waals surface area contributed by atoms with E-state index in [4.69, 9.17) is 13.9 Å². The van der Waals surface area contributed by atoms with Gasteiger partial charge in [0.2, 0.25) is 11.8 Å². The van der Waals surface area contributed by atoms with Crippen LogP contribution in [0.15, 0.2) is 22.6 Å². The molecule has 1 heterocycles. The fourth-order valence-corrected chi connectivity index (χ4v) is 1.89. The topological polar surface area (TPSA) is 69.4 Å². The lowest BCUT2D eigenvalue weighted by atomic mass is 10.2. The Morgan fingerprint density at radius 2 is 1.86 bits per heavy atom. The van der Waals surface area contributed by atoms with Crippen molar-refractivity contribution in [3.8, 4) is 23.0 Å².